The van der Waals surface area contributed by atoms with Crippen LogP contribution >= 0.6 is 0 Å². The molecule has 170 valence electrons. The van der Waals surface area contributed by atoms with Gasteiger partial charge in [-0.25, -0.2) is 4.79 Å². The maximum Gasteiger partial charge on any atom is 0.331 e. The average molecular weight is 421 g/mol. The van der Waals surface area contributed by atoms with Crippen molar-refractivity contribution in [3.63, 3.8) is 0 Å². The zero-order chi connectivity index (χ0) is 22.4. The van der Waals surface area contributed by atoms with Gasteiger partial charge in [0.1, 0.15) is 6.10 Å². The standard InChI is InChI=1S/C25H40O5/c1-19(9-5-11-21(3)16-26)7-4-8-20(2)10-6-12-22(17-27)13-14-24-23(18-28)15-25(29)30-24/h7,10,13,15,21,24,26-28H,4-6,8-9,11-12,14,16-18H2,1-3H3/b19-7+,20-10+,22-13-/t21?,24-/m1/s1. The van der Waals surface area contributed by atoms with Crippen LogP contribution in [-0.4, -0.2) is 47.2 Å². The van der Waals surface area contributed by atoms with Crippen LogP contribution in [0.2, 0.25) is 0 Å². The summed E-state index contributed by atoms with van der Waals surface area (Å²) in [6.07, 6.45) is 14.9. The summed E-state index contributed by atoms with van der Waals surface area (Å²) in [5, 5.41) is 27.9. The van der Waals surface area contributed by atoms with Gasteiger partial charge in [0.05, 0.1) is 13.2 Å². The summed E-state index contributed by atoms with van der Waals surface area (Å²) in [4.78, 5) is 11.3. The van der Waals surface area contributed by atoms with Crippen molar-refractivity contribution >= 4 is 5.97 Å². The van der Waals surface area contributed by atoms with Crippen LogP contribution in [0, 0.1) is 5.92 Å². The molecule has 3 N–H and O–H groups in total. The predicted molar refractivity (Wildman–Crippen MR) is 121 cm³/mol. The number of cyclic esters (lactones) is 1. The summed E-state index contributed by atoms with van der Waals surface area (Å²) < 4.78 is 5.16. The van der Waals surface area contributed by atoms with E-state index < -0.39 is 12.1 Å². The summed E-state index contributed by atoms with van der Waals surface area (Å²) >= 11 is 0. The first kappa shape index (κ1) is 26.3. The molecule has 0 amide bonds. The molecule has 0 aliphatic carbocycles. The number of hydrogen-bond donors (Lipinski definition) is 3. The van der Waals surface area contributed by atoms with Crippen LogP contribution in [0.3, 0.4) is 0 Å². The molecule has 1 rings (SSSR count). The topological polar surface area (TPSA) is 87.0 Å². The van der Waals surface area contributed by atoms with Gasteiger partial charge in [-0.1, -0.05) is 36.3 Å². The Morgan fingerprint density at radius 3 is 2.37 bits per heavy atom. The molecule has 30 heavy (non-hydrogen) atoms. The van der Waals surface area contributed by atoms with E-state index in [-0.39, 0.29) is 19.8 Å². The lowest BCUT2D eigenvalue weighted by Crippen LogP contribution is -2.13. The molecule has 1 unspecified atom stereocenters. The second kappa shape index (κ2) is 15.2. The summed E-state index contributed by atoms with van der Waals surface area (Å²) in [6, 6.07) is 0. The minimum atomic E-state index is -0.414. The Morgan fingerprint density at radius 2 is 1.73 bits per heavy atom. The molecule has 1 heterocycles. The number of carbonyl (C=O) groups excluding carboxylic acids is 1. The van der Waals surface area contributed by atoms with E-state index in [9.17, 15) is 15.0 Å². The summed E-state index contributed by atoms with van der Waals surface area (Å²) in [7, 11) is 0. The van der Waals surface area contributed by atoms with E-state index in [0.717, 1.165) is 50.5 Å². The first-order valence-corrected chi connectivity index (χ1v) is 11.1. The molecule has 0 spiro atoms. The van der Waals surface area contributed by atoms with Crippen molar-refractivity contribution in [3.05, 3.63) is 46.6 Å². The molecule has 2 atom stereocenters. The number of esters is 1. The number of aliphatic hydroxyl groups excluding tert-OH is 3. The number of hydrogen-bond acceptors (Lipinski definition) is 5. The smallest absolute Gasteiger partial charge is 0.331 e. The van der Waals surface area contributed by atoms with Crippen molar-refractivity contribution in [3.8, 4) is 0 Å². The fraction of sp³-hybridized carbons (Fsp3) is 0.640. The number of rotatable bonds is 15. The van der Waals surface area contributed by atoms with E-state index in [2.05, 4.69) is 32.9 Å². The lowest BCUT2D eigenvalue weighted by atomic mass is 10.0. The van der Waals surface area contributed by atoms with Crippen molar-refractivity contribution in [1.82, 2.24) is 0 Å². The Kier molecular flexibility index (Phi) is 13.3. The van der Waals surface area contributed by atoms with Gasteiger partial charge >= 0.3 is 5.97 Å². The molecule has 0 radical (unpaired) electrons. The van der Waals surface area contributed by atoms with Gasteiger partial charge in [0.25, 0.3) is 0 Å². The molecule has 5 nitrogen and oxygen atoms in total. The first-order chi connectivity index (χ1) is 14.4. The molecule has 0 saturated carbocycles. The predicted octanol–water partition coefficient (Wildman–Crippen LogP) is 4.39. The second-order valence-electron chi connectivity index (χ2n) is 8.42. The van der Waals surface area contributed by atoms with Gasteiger partial charge in [-0.15, -0.1) is 0 Å². The van der Waals surface area contributed by atoms with Crippen LogP contribution < -0.4 is 0 Å². The SMILES string of the molecule is C/C(=C\CC/C(=C/C[C@H]1OC(=O)C=C1CO)CO)CC/C=C(\C)CCCC(C)CO. The molecule has 5 heteroatoms. The molecule has 1 aliphatic heterocycles. The number of carbonyl (C=O) groups is 1. The lowest BCUT2D eigenvalue weighted by Gasteiger charge is -2.11. The van der Waals surface area contributed by atoms with Gasteiger partial charge in [-0.2, -0.15) is 0 Å². The van der Waals surface area contributed by atoms with Crippen LogP contribution in [0.1, 0.15) is 72.1 Å². The van der Waals surface area contributed by atoms with Gasteiger partial charge in [0.15, 0.2) is 0 Å². The maximum absolute atomic E-state index is 11.3. The quantitative estimate of drug-likeness (QED) is 0.270. The van der Waals surface area contributed by atoms with Gasteiger partial charge in [-0.3, -0.25) is 0 Å². The van der Waals surface area contributed by atoms with Gasteiger partial charge in [0, 0.05) is 24.7 Å². The number of ether oxygens (including phenoxy) is 1. The van der Waals surface area contributed by atoms with Gasteiger partial charge < -0.3 is 20.1 Å². The Labute approximate surface area is 181 Å². The maximum atomic E-state index is 11.3. The molecule has 1 aliphatic rings. The fourth-order valence-electron chi connectivity index (χ4n) is 3.44. The van der Waals surface area contributed by atoms with Crippen LogP contribution in [0.5, 0.6) is 0 Å². The number of allylic oxidation sites excluding steroid dienone is 4. The largest absolute Gasteiger partial charge is 0.454 e. The van der Waals surface area contributed by atoms with Gasteiger partial charge in [-0.05, 0) is 70.3 Å². The summed E-state index contributed by atoms with van der Waals surface area (Å²) in [6.45, 7) is 6.48. The highest BCUT2D eigenvalue weighted by atomic mass is 16.5. The van der Waals surface area contributed by atoms with Crippen molar-refractivity contribution in [2.45, 2.75) is 78.2 Å². The van der Waals surface area contributed by atoms with Crippen LogP contribution in [0.4, 0.5) is 0 Å². The third-order valence-electron chi connectivity index (χ3n) is 5.55. The Hall–Kier alpha value is -1.69. The fourth-order valence-corrected chi connectivity index (χ4v) is 3.44. The zero-order valence-corrected chi connectivity index (χ0v) is 18.9. The van der Waals surface area contributed by atoms with E-state index in [1.165, 1.54) is 17.2 Å². The van der Waals surface area contributed by atoms with Crippen LogP contribution in [0.25, 0.3) is 0 Å². The molecular formula is C25H40O5. The monoisotopic (exact) mass is 420 g/mol. The van der Waals surface area contributed by atoms with E-state index in [0.29, 0.717) is 17.9 Å². The number of aliphatic hydroxyl groups is 3. The van der Waals surface area contributed by atoms with E-state index in [1.807, 2.05) is 6.08 Å². The molecule has 0 saturated heterocycles. The molecule has 0 aromatic heterocycles. The highest BCUT2D eigenvalue weighted by Crippen LogP contribution is 2.20. The van der Waals surface area contributed by atoms with E-state index >= 15 is 0 Å². The highest BCUT2D eigenvalue weighted by Gasteiger charge is 2.24. The zero-order valence-electron chi connectivity index (χ0n) is 18.9. The molecule has 0 aromatic carbocycles. The molecule has 0 fully saturated rings. The van der Waals surface area contributed by atoms with Crippen LogP contribution in [0.15, 0.2) is 46.6 Å². The highest BCUT2D eigenvalue weighted by molar-refractivity contribution is 5.85. The normalized spacial score (nSPS) is 19.1. The summed E-state index contributed by atoms with van der Waals surface area (Å²) in [5.74, 6) is -0.0206. The molecular weight excluding hydrogens is 380 g/mol. The lowest BCUT2D eigenvalue weighted by molar-refractivity contribution is -0.138. The minimum absolute atomic E-state index is 0.0114. The Balaban J connectivity index is 2.32. The third kappa shape index (κ3) is 10.9. The first-order valence-electron chi connectivity index (χ1n) is 11.1. The van der Waals surface area contributed by atoms with Crippen molar-refractivity contribution in [2.24, 2.45) is 5.92 Å². The minimum Gasteiger partial charge on any atom is -0.454 e. The molecule has 0 bridgehead atoms. The third-order valence-corrected chi connectivity index (χ3v) is 5.55. The van der Waals surface area contributed by atoms with Crippen molar-refractivity contribution in [2.75, 3.05) is 19.8 Å². The Morgan fingerprint density at radius 1 is 1.07 bits per heavy atom. The van der Waals surface area contributed by atoms with E-state index in [1.54, 1.807) is 0 Å². The molecule has 0 aromatic rings. The van der Waals surface area contributed by atoms with Crippen molar-refractivity contribution in [1.29, 1.82) is 0 Å². The van der Waals surface area contributed by atoms with E-state index in [4.69, 9.17) is 9.84 Å². The average Bonchev–Trinajstić information content (AvgIpc) is 3.09. The van der Waals surface area contributed by atoms with Crippen molar-refractivity contribution < 1.29 is 24.9 Å². The van der Waals surface area contributed by atoms with Gasteiger partial charge in [0.2, 0.25) is 0 Å². The van der Waals surface area contributed by atoms with Crippen LogP contribution in [-0.2, 0) is 9.53 Å². The summed E-state index contributed by atoms with van der Waals surface area (Å²) in [5.41, 5.74) is 4.28. The Bertz CT molecular complexity index is 642. The second-order valence-corrected chi connectivity index (χ2v) is 8.42.